The van der Waals surface area contributed by atoms with Gasteiger partial charge in [0.1, 0.15) is 12.1 Å². The van der Waals surface area contributed by atoms with E-state index >= 15 is 0 Å². The van der Waals surface area contributed by atoms with Gasteiger partial charge >= 0.3 is 11.9 Å². The number of hydrogen-bond donors (Lipinski definition) is 4. The molecule has 1 aromatic carbocycles. The molecule has 1 heterocycles. The van der Waals surface area contributed by atoms with Crippen LogP contribution in [0.3, 0.4) is 0 Å². The zero-order valence-corrected chi connectivity index (χ0v) is 17.9. The van der Waals surface area contributed by atoms with Crippen LogP contribution >= 0.6 is 12.6 Å². The summed E-state index contributed by atoms with van der Waals surface area (Å²) >= 11 is 4.26. The Hall–Kier alpha value is -2.10. The number of thiol groups is 1. The molecule has 2 rings (SSSR count). The minimum atomic E-state index is -1.03. The van der Waals surface area contributed by atoms with Gasteiger partial charge in [-0.25, -0.2) is 4.79 Å². The van der Waals surface area contributed by atoms with E-state index in [0.717, 1.165) is 5.56 Å². The molecule has 0 bridgehead atoms. The maximum Gasteiger partial charge on any atom is 0.326 e. The van der Waals surface area contributed by atoms with E-state index in [-0.39, 0.29) is 19.0 Å². The molecule has 3 atom stereocenters. The third-order valence-corrected chi connectivity index (χ3v) is 5.79. The molecular formula is C21H31N3O5S. The van der Waals surface area contributed by atoms with Gasteiger partial charge in [0.25, 0.3) is 0 Å². The van der Waals surface area contributed by atoms with E-state index in [4.69, 9.17) is 5.73 Å². The van der Waals surface area contributed by atoms with Crippen LogP contribution in [0.2, 0.25) is 0 Å². The van der Waals surface area contributed by atoms with E-state index in [0.29, 0.717) is 44.4 Å². The zero-order chi connectivity index (χ0) is 22.1. The van der Waals surface area contributed by atoms with Gasteiger partial charge in [0.2, 0.25) is 5.91 Å². The maximum absolute atomic E-state index is 13.3. The summed E-state index contributed by atoms with van der Waals surface area (Å²) in [7, 11) is 0. The fourth-order valence-corrected chi connectivity index (χ4v) is 4.33. The summed E-state index contributed by atoms with van der Waals surface area (Å²) < 4.78 is 0. The lowest BCUT2D eigenvalue weighted by atomic mass is 10.0. The number of carboxylic acids is 2. The normalized spacial score (nSPS) is 18.4. The summed E-state index contributed by atoms with van der Waals surface area (Å²) in [5, 5.41) is 19.4. The Morgan fingerprint density at radius 2 is 1.87 bits per heavy atom. The lowest BCUT2D eigenvalue weighted by molar-refractivity contribution is -0.154. The smallest absolute Gasteiger partial charge is 0.326 e. The third-order valence-electron chi connectivity index (χ3n) is 5.53. The Kier molecular flexibility index (Phi) is 9.61. The van der Waals surface area contributed by atoms with Crippen molar-refractivity contribution in [1.82, 2.24) is 9.80 Å². The zero-order valence-electron chi connectivity index (χ0n) is 17.0. The highest BCUT2D eigenvalue weighted by molar-refractivity contribution is 7.80. The summed E-state index contributed by atoms with van der Waals surface area (Å²) in [6, 6.07) is 7.01. The molecule has 4 N–H and O–H groups in total. The van der Waals surface area contributed by atoms with Crippen LogP contribution in [0.15, 0.2) is 30.3 Å². The highest BCUT2D eigenvalue weighted by Gasteiger charge is 2.41. The number of hydrogen-bond acceptors (Lipinski definition) is 6. The van der Waals surface area contributed by atoms with E-state index in [1.807, 2.05) is 30.3 Å². The number of aliphatic carboxylic acids is 2. The van der Waals surface area contributed by atoms with Crippen LogP contribution in [-0.4, -0.2) is 81.4 Å². The summed E-state index contributed by atoms with van der Waals surface area (Å²) in [6.07, 6.45) is 2.20. The van der Waals surface area contributed by atoms with E-state index in [1.54, 1.807) is 4.90 Å². The van der Waals surface area contributed by atoms with Crippen molar-refractivity contribution in [2.45, 2.75) is 50.2 Å². The number of nitrogens with zero attached hydrogens (tertiary/aromatic N) is 2. The highest BCUT2D eigenvalue weighted by atomic mass is 32.1. The quantitative estimate of drug-likeness (QED) is 0.361. The number of carbonyl (C=O) groups excluding carboxylic acids is 1. The van der Waals surface area contributed by atoms with Crippen molar-refractivity contribution in [2.24, 2.45) is 5.73 Å². The summed E-state index contributed by atoms with van der Waals surface area (Å²) in [5.74, 6) is -2.04. The Balaban J connectivity index is 2.26. The molecule has 0 radical (unpaired) electrons. The fraction of sp³-hybridized carbons (Fsp3) is 0.571. The molecule has 30 heavy (non-hydrogen) atoms. The Morgan fingerprint density at radius 3 is 2.43 bits per heavy atom. The van der Waals surface area contributed by atoms with Gasteiger partial charge in [-0.15, -0.1) is 0 Å². The molecule has 0 unspecified atom stereocenters. The number of carbonyl (C=O) groups is 3. The highest BCUT2D eigenvalue weighted by Crippen LogP contribution is 2.23. The second-order valence-electron chi connectivity index (χ2n) is 7.46. The minimum Gasteiger partial charge on any atom is -0.480 e. The van der Waals surface area contributed by atoms with Crippen molar-refractivity contribution in [3.05, 3.63) is 35.9 Å². The Morgan fingerprint density at radius 1 is 1.17 bits per heavy atom. The Labute approximate surface area is 182 Å². The van der Waals surface area contributed by atoms with Crippen LogP contribution < -0.4 is 5.73 Å². The SMILES string of the molecule is NCCN([C@@H](CCc1ccccc1)C(=O)O)[C@@H](CCS)C(=O)N1CCC[C@H]1C(=O)O. The van der Waals surface area contributed by atoms with Crippen molar-refractivity contribution < 1.29 is 24.6 Å². The van der Waals surface area contributed by atoms with Gasteiger partial charge in [-0.05, 0) is 43.4 Å². The Bertz CT molecular complexity index is 718. The topological polar surface area (TPSA) is 124 Å². The average Bonchev–Trinajstić information content (AvgIpc) is 3.22. The van der Waals surface area contributed by atoms with Gasteiger partial charge in [-0.2, -0.15) is 12.6 Å². The molecule has 0 aromatic heterocycles. The van der Waals surface area contributed by atoms with Gasteiger partial charge in [-0.3, -0.25) is 14.5 Å². The molecule has 1 saturated heterocycles. The summed E-state index contributed by atoms with van der Waals surface area (Å²) in [5.41, 5.74) is 6.78. The lowest BCUT2D eigenvalue weighted by Crippen LogP contribution is -2.57. The fourth-order valence-electron chi connectivity index (χ4n) is 4.09. The van der Waals surface area contributed by atoms with Crippen molar-refractivity contribution >= 4 is 30.5 Å². The number of aryl methyl sites for hydroxylation is 1. The monoisotopic (exact) mass is 437 g/mol. The van der Waals surface area contributed by atoms with Crippen LogP contribution in [0.25, 0.3) is 0 Å². The molecule has 1 amide bonds. The second kappa shape index (κ2) is 11.9. The van der Waals surface area contributed by atoms with E-state index < -0.39 is 30.1 Å². The molecular weight excluding hydrogens is 406 g/mol. The third kappa shape index (κ3) is 6.20. The molecule has 166 valence electrons. The van der Waals surface area contributed by atoms with Crippen LogP contribution in [0, 0.1) is 0 Å². The van der Waals surface area contributed by atoms with E-state index in [9.17, 15) is 24.6 Å². The second-order valence-corrected chi connectivity index (χ2v) is 7.91. The predicted octanol–water partition coefficient (Wildman–Crippen LogP) is 1.10. The van der Waals surface area contributed by atoms with Gasteiger partial charge < -0.3 is 20.8 Å². The van der Waals surface area contributed by atoms with Crippen LogP contribution in [0.1, 0.15) is 31.2 Å². The van der Waals surface area contributed by atoms with Crippen molar-refractivity contribution in [2.75, 3.05) is 25.4 Å². The van der Waals surface area contributed by atoms with Crippen LogP contribution in [-0.2, 0) is 20.8 Å². The molecule has 1 aromatic rings. The number of likely N-dealkylation sites (tertiary alicyclic amines) is 1. The van der Waals surface area contributed by atoms with E-state index in [1.165, 1.54) is 4.90 Å². The average molecular weight is 438 g/mol. The van der Waals surface area contributed by atoms with Gasteiger partial charge in [-0.1, -0.05) is 30.3 Å². The molecule has 9 heteroatoms. The first-order chi connectivity index (χ1) is 14.4. The first kappa shape index (κ1) is 24.2. The predicted molar refractivity (Wildman–Crippen MR) is 117 cm³/mol. The van der Waals surface area contributed by atoms with Crippen LogP contribution in [0.5, 0.6) is 0 Å². The number of benzene rings is 1. The minimum absolute atomic E-state index is 0.188. The summed E-state index contributed by atoms with van der Waals surface area (Å²) in [4.78, 5) is 40.0. The first-order valence-electron chi connectivity index (χ1n) is 10.3. The number of nitrogens with two attached hydrogens (primary N) is 1. The number of amides is 1. The molecule has 0 spiro atoms. The molecule has 0 saturated carbocycles. The molecule has 1 aliphatic rings. The van der Waals surface area contributed by atoms with Crippen LogP contribution in [0.4, 0.5) is 0 Å². The van der Waals surface area contributed by atoms with Gasteiger partial charge in [0, 0.05) is 19.6 Å². The molecule has 1 aliphatic heterocycles. The van der Waals surface area contributed by atoms with Gasteiger partial charge in [0.05, 0.1) is 6.04 Å². The van der Waals surface area contributed by atoms with E-state index in [2.05, 4.69) is 12.6 Å². The van der Waals surface area contributed by atoms with Crippen molar-refractivity contribution in [3.63, 3.8) is 0 Å². The largest absolute Gasteiger partial charge is 0.480 e. The number of rotatable bonds is 12. The molecule has 0 aliphatic carbocycles. The van der Waals surface area contributed by atoms with Crippen molar-refractivity contribution in [3.8, 4) is 0 Å². The number of carboxylic acid groups (broad SMARTS) is 2. The van der Waals surface area contributed by atoms with Crippen molar-refractivity contribution in [1.29, 1.82) is 0 Å². The lowest BCUT2D eigenvalue weighted by Gasteiger charge is -2.37. The molecule has 1 fully saturated rings. The summed E-state index contributed by atoms with van der Waals surface area (Å²) in [6.45, 7) is 0.770. The standard InChI is InChI=1S/C21H31N3O5S/c22-11-13-23(18(21(28)29)9-8-15-5-2-1-3-6-15)16(10-14-30)19(25)24-12-4-7-17(24)20(26)27/h1-3,5-6,16-18,30H,4,7-14,22H2,(H,26,27)(H,28,29)/t16-,17-,18-/m0/s1. The maximum atomic E-state index is 13.3. The van der Waals surface area contributed by atoms with Gasteiger partial charge in [0.15, 0.2) is 0 Å². The first-order valence-corrected chi connectivity index (χ1v) is 10.9. The molecule has 8 nitrogen and oxygen atoms in total.